The van der Waals surface area contributed by atoms with E-state index in [-0.39, 0.29) is 5.78 Å². The number of aryl methyl sites for hydroxylation is 2. The SMILES string of the molecule is CCCCCCc1ccc(C(=O)C=Cc2ccc(C)cc2)cc1. The van der Waals surface area contributed by atoms with Gasteiger partial charge in [-0.2, -0.15) is 0 Å². The van der Waals surface area contributed by atoms with E-state index in [2.05, 4.69) is 38.1 Å². The third kappa shape index (κ3) is 5.86. The van der Waals surface area contributed by atoms with Crippen molar-refractivity contribution >= 4 is 11.9 Å². The lowest BCUT2D eigenvalue weighted by molar-refractivity contribution is 0.104. The highest BCUT2D eigenvalue weighted by Crippen LogP contribution is 2.11. The highest BCUT2D eigenvalue weighted by Gasteiger charge is 2.02. The summed E-state index contributed by atoms with van der Waals surface area (Å²) in [6.07, 6.45) is 9.72. The lowest BCUT2D eigenvalue weighted by atomic mass is 10.0. The molecule has 0 heterocycles. The van der Waals surface area contributed by atoms with Gasteiger partial charge in [0, 0.05) is 5.56 Å². The molecule has 1 heteroatoms. The van der Waals surface area contributed by atoms with Crippen LogP contribution in [0, 0.1) is 6.92 Å². The fourth-order valence-electron chi connectivity index (χ4n) is 2.54. The predicted molar refractivity (Wildman–Crippen MR) is 98.8 cm³/mol. The molecule has 1 nitrogen and oxygen atoms in total. The van der Waals surface area contributed by atoms with Crippen LogP contribution in [0.25, 0.3) is 6.08 Å². The molecular formula is C22H26O. The van der Waals surface area contributed by atoms with Gasteiger partial charge in [0.25, 0.3) is 0 Å². The molecule has 0 spiro atoms. The molecule has 0 fully saturated rings. The number of benzene rings is 2. The minimum atomic E-state index is 0.0584. The number of hydrogen-bond donors (Lipinski definition) is 0. The Morgan fingerprint density at radius 1 is 0.913 bits per heavy atom. The van der Waals surface area contributed by atoms with E-state index in [0.717, 1.165) is 17.5 Å². The number of hydrogen-bond acceptors (Lipinski definition) is 1. The Morgan fingerprint density at radius 3 is 2.26 bits per heavy atom. The van der Waals surface area contributed by atoms with Crippen molar-refractivity contribution in [2.24, 2.45) is 0 Å². The molecule has 0 N–H and O–H groups in total. The van der Waals surface area contributed by atoms with Gasteiger partial charge in [-0.05, 0) is 37.0 Å². The zero-order valence-corrected chi connectivity index (χ0v) is 14.2. The minimum absolute atomic E-state index is 0.0584. The van der Waals surface area contributed by atoms with Crippen LogP contribution in [-0.2, 0) is 6.42 Å². The Morgan fingerprint density at radius 2 is 1.61 bits per heavy atom. The van der Waals surface area contributed by atoms with Crippen molar-refractivity contribution in [3.63, 3.8) is 0 Å². The van der Waals surface area contributed by atoms with Crippen molar-refractivity contribution in [1.82, 2.24) is 0 Å². The number of ketones is 1. The van der Waals surface area contributed by atoms with E-state index in [4.69, 9.17) is 0 Å². The minimum Gasteiger partial charge on any atom is -0.289 e. The molecule has 2 aromatic rings. The first-order valence-corrected chi connectivity index (χ1v) is 8.57. The summed E-state index contributed by atoms with van der Waals surface area (Å²) in [6.45, 7) is 4.28. The van der Waals surface area contributed by atoms with Crippen LogP contribution in [0.5, 0.6) is 0 Å². The summed E-state index contributed by atoms with van der Waals surface area (Å²) in [7, 11) is 0. The van der Waals surface area contributed by atoms with Crippen LogP contribution in [0.3, 0.4) is 0 Å². The molecule has 0 saturated carbocycles. The van der Waals surface area contributed by atoms with Gasteiger partial charge >= 0.3 is 0 Å². The Balaban J connectivity index is 1.90. The summed E-state index contributed by atoms with van der Waals surface area (Å²) in [6, 6.07) is 16.2. The fraction of sp³-hybridized carbons (Fsp3) is 0.318. The van der Waals surface area contributed by atoms with Crippen LogP contribution < -0.4 is 0 Å². The second kappa shape index (κ2) is 9.09. The molecule has 0 atom stereocenters. The van der Waals surface area contributed by atoms with Crippen LogP contribution in [0.1, 0.15) is 59.7 Å². The van der Waals surface area contributed by atoms with Crippen LogP contribution in [0.15, 0.2) is 54.6 Å². The first-order chi connectivity index (χ1) is 11.2. The van der Waals surface area contributed by atoms with Gasteiger partial charge in [0.1, 0.15) is 0 Å². The maximum absolute atomic E-state index is 12.2. The summed E-state index contributed by atoms with van der Waals surface area (Å²) in [5.41, 5.74) is 4.35. The fourth-order valence-corrected chi connectivity index (χ4v) is 2.54. The van der Waals surface area contributed by atoms with Crippen LogP contribution in [-0.4, -0.2) is 5.78 Å². The standard InChI is InChI=1S/C22H26O/c1-3-4-5-6-7-19-12-15-21(16-13-19)22(23)17-14-20-10-8-18(2)9-11-20/h8-17H,3-7H2,1-2H3. The molecule has 2 rings (SSSR count). The number of carbonyl (C=O) groups is 1. The molecule has 120 valence electrons. The highest BCUT2D eigenvalue weighted by atomic mass is 16.1. The zero-order valence-electron chi connectivity index (χ0n) is 14.2. The Labute approximate surface area is 140 Å². The van der Waals surface area contributed by atoms with Crippen molar-refractivity contribution in [2.45, 2.75) is 46.0 Å². The number of allylic oxidation sites excluding steroid dienone is 1. The molecule has 2 aromatic carbocycles. The van der Waals surface area contributed by atoms with Gasteiger partial charge in [0.2, 0.25) is 0 Å². The van der Waals surface area contributed by atoms with Crippen molar-refractivity contribution in [2.75, 3.05) is 0 Å². The van der Waals surface area contributed by atoms with Gasteiger partial charge in [-0.15, -0.1) is 0 Å². The van der Waals surface area contributed by atoms with Crippen molar-refractivity contribution in [3.05, 3.63) is 76.9 Å². The maximum atomic E-state index is 12.2. The molecule has 0 aliphatic carbocycles. The Hall–Kier alpha value is -2.15. The summed E-state index contributed by atoms with van der Waals surface area (Å²) in [4.78, 5) is 12.2. The molecule has 0 amide bonds. The quantitative estimate of drug-likeness (QED) is 0.331. The van der Waals surface area contributed by atoms with Crippen LogP contribution in [0.2, 0.25) is 0 Å². The maximum Gasteiger partial charge on any atom is 0.185 e. The molecule has 0 aliphatic rings. The van der Waals surface area contributed by atoms with E-state index < -0.39 is 0 Å². The van der Waals surface area contributed by atoms with Crippen LogP contribution in [0.4, 0.5) is 0 Å². The van der Waals surface area contributed by atoms with Gasteiger partial charge in [-0.25, -0.2) is 0 Å². The summed E-state index contributed by atoms with van der Waals surface area (Å²) < 4.78 is 0. The Kier molecular flexibility index (Phi) is 6.80. The smallest absolute Gasteiger partial charge is 0.185 e. The molecule has 0 radical (unpaired) electrons. The number of carbonyl (C=O) groups excluding carboxylic acids is 1. The number of rotatable bonds is 8. The van der Waals surface area contributed by atoms with E-state index in [1.54, 1.807) is 6.08 Å². The van der Waals surface area contributed by atoms with Crippen molar-refractivity contribution < 1.29 is 4.79 Å². The molecule has 0 unspecified atom stereocenters. The molecule has 0 saturated heterocycles. The summed E-state index contributed by atoms with van der Waals surface area (Å²) >= 11 is 0. The average Bonchev–Trinajstić information content (AvgIpc) is 2.58. The Bertz CT molecular complexity index is 633. The van der Waals surface area contributed by atoms with Gasteiger partial charge in [-0.1, -0.05) is 86.4 Å². The van der Waals surface area contributed by atoms with Crippen LogP contribution >= 0.6 is 0 Å². The first-order valence-electron chi connectivity index (χ1n) is 8.57. The van der Waals surface area contributed by atoms with E-state index in [1.807, 2.05) is 30.3 Å². The second-order valence-corrected chi connectivity index (χ2v) is 6.12. The molecule has 0 aromatic heterocycles. The topological polar surface area (TPSA) is 17.1 Å². The molecule has 23 heavy (non-hydrogen) atoms. The third-order valence-electron chi connectivity index (χ3n) is 4.06. The molecule has 0 aliphatic heterocycles. The zero-order chi connectivity index (χ0) is 16.5. The van der Waals surface area contributed by atoms with Gasteiger partial charge in [0.05, 0.1) is 0 Å². The predicted octanol–water partition coefficient (Wildman–Crippen LogP) is 6.01. The van der Waals surface area contributed by atoms with E-state index in [9.17, 15) is 4.79 Å². The second-order valence-electron chi connectivity index (χ2n) is 6.12. The first kappa shape index (κ1) is 17.2. The third-order valence-corrected chi connectivity index (χ3v) is 4.06. The number of unbranched alkanes of at least 4 members (excludes halogenated alkanes) is 3. The lowest BCUT2D eigenvalue weighted by Crippen LogP contribution is -1.95. The van der Waals surface area contributed by atoms with Gasteiger partial charge < -0.3 is 0 Å². The normalized spacial score (nSPS) is 11.0. The van der Waals surface area contributed by atoms with Crippen molar-refractivity contribution in [3.8, 4) is 0 Å². The van der Waals surface area contributed by atoms with E-state index >= 15 is 0 Å². The van der Waals surface area contributed by atoms with Gasteiger partial charge in [-0.3, -0.25) is 4.79 Å². The summed E-state index contributed by atoms with van der Waals surface area (Å²) in [5, 5.41) is 0. The van der Waals surface area contributed by atoms with E-state index in [0.29, 0.717) is 0 Å². The largest absolute Gasteiger partial charge is 0.289 e. The van der Waals surface area contributed by atoms with Crippen molar-refractivity contribution in [1.29, 1.82) is 0 Å². The van der Waals surface area contributed by atoms with E-state index in [1.165, 1.54) is 36.8 Å². The molecule has 0 bridgehead atoms. The average molecular weight is 306 g/mol. The lowest BCUT2D eigenvalue weighted by Gasteiger charge is -2.02. The van der Waals surface area contributed by atoms with Gasteiger partial charge in [0.15, 0.2) is 5.78 Å². The summed E-state index contributed by atoms with van der Waals surface area (Å²) in [5.74, 6) is 0.0584. The monoisotopic (exact) mass is 306 g/mol. The highest BCUT2D eigenvalue weighted by molar-refractivity contribution is 6.06. The molecular weight excluding hydrogens is 280 g/mol.